The minimum Gasteiger partial charge on any atom is -0.322 e. The van der Waals surface area contributed by atoms with Crippen LogP contribution in [0.5, 0.6) is 0 Å². The van der Waals surface area contributed by atoms with Gasteiger partial charge in [0.05, 0.1) is 17.9 Å². The van der Waals surface area contributed by atoms with Crippen molar-refractivity contribution in [3.63, 3.8) is 0 Å². The third kappa shape index (κ3) is 2.21. The summed E-state index contributed by atoms with van der Waals surface area (Å²) in [4.78, 5) is 8.29. The van der Waals surface area contributed by atoms with E-state index in [1.54, 1.807) is 17.5 Å². The average Bonchev–Trinajstić information content (AvgIpc) is 3.05. The summed E-state index contributed by atoms with van der Waals surface area (Å²) in [5, 5.41) is 2.85. The topological polar surface area (TPSA) is 51.8 Å². The molecule has 0 spiro atoms. The van der Waals surface area contributed by atoms with Gasteiger partial charge in [-0.1, -0.05) is 0 Å². The maximum atomic E-state index is 13.0. The molecule has 0 bridgehead atoms. The molecule has 0 amide bonds. The van der Waals surface area contributed by atoms with E-state index in [9.17, 15) is 4.39 Å². The van der Waals surface area contributed by atoms with Crippen LogP contribution >= 0.6 is 11.3 Å². The van der Waals surface area contributed by atoms with E-state index in [1.165, 1.54) is 25.1 Å². The number of thiazole rings is 1. The summed E-state index contributed by atoms with van der Waals surface area (Å²) in [7, 11) is 0. The molecule has 17 heavy (non-hydrogen) atoms. The fraction of sp³-hybridized carbons (Fsp3) is 0.333. The van der Waals surface area contributed by atoms with Gasteiger partial charge in [0.1, 0.15) is 10.8 Å². The molecule has 1 unspecified atom stereocenters. The van der Waals surface area contributed by atoms with Gasteiger partial charge in [0.2, 0.25) is 0 Å². The molecule has 0 saturated heterocycles. The van der Waals surface area contributed by atoms with Crippen LogP contribution < -0.4 is 5.73 Å². The summed E-state index contributed by atoms with van der Waals surface area (Å²) < 4.78 is 13.0. The first-order valence-electron chi connectivity index (χ1n) is 5.56. The Morgan fingerprint density at radius 1 is 1.41 bits per heavy atom. The summed E-state index contributed by atoms with van der Waals surface area (Å²) in [5.41, 5.74) is 7.54. The number of rotatable bonds is 3. The molecule has 1 atom stereocenters. The van der Waals surface area contributed by atoms with Gasteiger partial charge in [-0.2, -0.15) is 0 Å². The summed E-state index contributed by atoms with van der Waals surface area (Å²) in [6.07, 6.45) is 5.19. The lowest BCUT2D eigenvalue weighted by Gasteiger charge is -2.04. The maximum Gasteiger partial charge on any atom is 0.142 e. The molecule has 88 valence electrons. The molecule has 1 saturated carbocycles. The lowest BCUT2D eigenvalue weighted by molar-refractivity contribution is 0.621. The third-order valence-corrected chi connectivity index (χ3v) is 3.88. The molecule has 0 radical (unpaired) electrons. The molecule has 2 N–H and O–H groups in total. The van der Waals surface area contributed by atoms with E-state index in [1.807, 2.05) is 5.38 Å². The van der Waals surface area contributed by atoms with Crippen LogP contribution in [0.15, 0.2) is 23.8 Å². The largest absolute Gasteiger partial charge is 0.322 e. The molecule has 0 aliphatic heterocycles. The smallest absolute Gasteiger partial charge is 0.142 e. The quantitative estimate of drug-likeness (QED) is 0.910. The highest BCUT2D eigenvalue weighted by Gasteiger charge is 2.31. The SMILES string of the molecule is NC(c1nc(-c2cncc(F)c2)cs1)C1CC1. The van der Waals surface area contributed by atoms with E-state index in [2.05, 4.69) is 9.97 Å². The number of hydrogen-bond donors (Lipinski definition) is 1. The van der Waals surface area contributed by atoms with Gasteiger partial charge in [-0.05, 0) is 24.8 Å². The van der Waals surface area contributed by atoms with Gasteiger partial charge < -0.3 is 5.73 Å². The highest BCUT2D eigenvalue weighted by molar-refractivity contribution is 7.10. The van der Waals surface area contributed by atoms with Gasteiger partial charge in [0.25, 0.3) is 0 Å². The molecule has 2 aromatic heterocycles. The molecule has 5 heteroatoms. The van der Waals surface area contributed by atoms with Crippen LogP contribution in [-0.4, -0.2) is 9.97 Å². The first kappa shape index (κ1) is 10.8. The van der Waals surface area contributed by atoms with Gasteiger partial charge in [-0.15, -0.1) is 11.3 Å². The minimum atomic E-state index is -0.344. The fourth-order valence-corrected chi connectivity index (χ4v) is 2.70. The standard InChI is InChI=1S/C12H12FN3S/c13-9-3-8(4-15-5-9)10-6-17-12(16-10)11(14)7-1-2-7/h3-7,11H,1-2,14H2. The van der Waals surface area contributed by atoms with Crippen LogP contribution in [0.25, 0.3) is 11.3 Å². The van der Waals surface area contributed by atoms with E-state index in [4.69, 9.17) is 5.73 Å². The minimum absolute atomic E-state index is 0.0373. The van der Waals surface area contributed by atoms with Crippen LogP contribution in [0, 0.1) is 11.7 Å². The Morgan fingerprint density at radius 3 is 2.94 bits per heavy atom. The van der Waals surface area contributed by atoms with Gasteiger partial charge in [-0.25, -0.2) is 9.37 Å². The van der Waals surface area contributed by atoms with Crippen molar-refractivity contribution >= 4 is 11.3 Å². The van der Waals surface area contributed by atoms with Crippen molar-refractivity contribution in [3.8, 4) is 11.3 Å². The molecule has 2 aromatic rings. The molecular formula is C12H12FN3S. The van der Waals surface area contributed by atoms with Crippen molar-refractivity contribution in [2.24, 2.45) is 11.7 Å². The van der Waals surface area contributed by atoms with Gasteiger partial charge in [-0.3, -0.25) is 4.98 Å². The van der Waals surface area contributed by atoms with Crippen molar-refractivity contribution in [2.45, 2.75) is 18.9 Å². The average molecular weight is 249 g/mol. The first-order valence-corrected chi connectivity index (χ1v) is 6.44. The van der Waals surface area contributed by atoms with Crippen molar-refractivity contribution in [2.75, 3.05) is 0 Å². The summed E-state index contributed by atoms with van der Waals surface area (Å²) in [6.45, 7) is 0. The molecule has 1 aliphatic carbocycles. The number of nitrogens with zero attached hydrogens (tertiary/aromatic N) is 2. The zero-order valence-corrected chi connectivity index (χ0v) is 9.95. The van der Waals surface area contributed by atoms with Crippen LogP contribution in [0.4, 0.5) is 4.39 Å². The van der Waals surface area contributed by atoms with E-state index >= 15 is 0 Å². The highest BCUT2D eigenvalue weighted by Crippen LogP contribution is 2.40. The van der Waals surface area contributed by atoms with Gasteiger partial charge in [0.15, 0.2) is 0 Å². The zero-order valence-electron chi connectivity index (χ0n) is 9.14. The molecular weight excluding hydrogens is 237 g/mol. The third-order valence-electron chi connectivity index (χ3n) is 2.94. The van der Waals surface area contributed by atoms with Crippen molar-refractivity contribution in [3.05, 3.63) is 34.7 Å². The Hall–Kier alpha value is -1.33. The number of hydrogen-bond acceptors (Lipinski definition) is 4. The summed E-state index contributed by atoms with van der Waals surface area (Å²) in [6, 6.07) is 1.48. The van der Waals surface area contributed by atoms with E-state index < -0.39 is 0 Å². The van der Waals surface area contributed by atoms with Crippen molar-refractivity contribution in [1.29, 1.82) is 0 Å². The van der Waals surface area contributed by atoms with Crippen LogP contribution in [0.3, 0.4) is 0 Å². The second-order valence-corrected chi connectivity index (χ2v) is 5.22. The number of aromatic nitrogens is 2. The Kier molecular flexibility index (Phi) is 2.64. The first-order chi connectivity index (χ1) is 8.24. The lowest BCUT2D eigenvalue weighted by atomic mass is 10.2. The second kappa shape index (κ2) is 4.16. The van der Waals surface area contributed by atoms with E-state index in [0.29, 0.717) is 11.5 Å². The molecule has 1 fully saturated rings. The molecule has 0 aromatic carbocycles. The number of halogens is 1. The summed E-state index contributed by atoms with van der Waals surface area (Å²) >= 11 is 1.54. The van der Waals surface area contributed by atoms with Crippen molar-refractivity contribution in [1.82, 2.24) is 9.97 Å². The highest BCUT2D eigenvalue weighted by atomic mass is 32.1. The van der Waals surface area contributed by atoms with Crippen LogP contribution in [0.1, 0.15) is 23.9 Å². The van der Waals surface area contributed by atoms with E-state index in [-0.39, 0.29) is 11.9 Å². The normalized spacial score (nSPS) is 17.1. The predicted octanol–water partition coefficient (Wildman–Crippen LogP) is 2.75. The zero-order chi connectivity index (χ0) is 11.8. The Labute approximate surface area is 103 Å². The predicted molar refractivity (Wildman–Crippen MR) is 65.0 cm³/mol. The summed E-state index contributed by atoms with van der Waals surface area (Å²) in [5.74, 6) is 0.239. The number of nitrogens with two attached hydrogens (primary N) is 1. The molecule has 1 aliphatic rings. The monoisotopic (exact) mass is 249 g/mol. The molecule has 3 nitrogen and oxygen atoms in total. The Bertz CT molecular complexity index is 536. The van der Waals surface area contributed by atoms with Crippen molar-refractivity contribution < 1.29 is 4.39 Å². The van der Waals surface area contributed by atoms with E-state index in [0.717, 1.165) is 10.7 Å². The van der Waals surface area contributed by atoms with Gasteiger partial charge in [0, 0.05) is 17.1 Å². The fourth-order valence-electron chi connectivity index (χ4n) is 1.78. The molecule has 2 heterocycles. The number of pyridine rings is 1. The van der Waals surface area contributed by atoms with Crippen LogP contribution in [-0.2, 0) is 0 Å². The maximum absolute atomic E-state index is 13.0. The second-order valence-electron chi connectivity index (χ2n) is 4.33. The Balaban J connectivity index is 1.89. The van der Waals surface area contributed by atoms with Crippen LogP contribution in [0.2, 0.25) is 0 Å². The van der Waals surface area contributed by atoms with Gasteiger partial charge >= 0.3 is 0 Å². The molecule has 3 rings (SSSR count). The Morgan fingerprint density at radius 2 is 2.24 bits per heavy atom. The lowest BCUT2D eigenvalue weighted by Crippen LogP contribution is -2.11.